The molecule has 0 rings (SSSR count). The summed E-state index contributed by atoms with van der Waals surface area (Å²) in [5, 5.41) is 0. The van der Waals surface area contributed by atoms with Crippen LogP contribution in [0.1, 0.15) is 104 Å². The van der Waals surface area contributed by atoms with Crippen molar-refractivity contribution in [3.63, 3.8) is 0 Å². The molecule has 0 nitrogen and oxygen atoms in total. The van der Waals surface area contributed by atoms with Crippen molar-refractivity contribution in [2.45, 2.75) is 104 Å². The molecule has 0 unspecified atom stereocenters. The lowest BCUT2D eigenvalue weighted by molar-refractivity contribution is 0.645. The fourth-order valence-corrected chi connectivity index (χ4v) is 2.46. The van der Waals surface area contributed by atoms with Crippen LogP contribution >= 0.6 is 0 Å². The zero-order valence-corrected chi connectivity index (χ0v) is 14.4. The first kappa shape index (κ1) is 19.5. The van der Waals surface area contributed by atoms with E-state index in [1.54, 1.807) is 5.57 Å². The monoisotopic (exact) mass is 278 g/mol. The van der Waals surface area contributed by atoms with E-state index >= 15 is 0 Å². The molecule has 0 saturated heterocycles. The van der Waals surface area contributed by atoms with Crippen LogP contribution in [-0.2, 0) is 0 Å². The Morgan fingerprint density at radius 3 is 1.90 bits per heavy atom. The maximum Gasteiger partial charge on any atom is -0.0317 e. The van der Waals surface area contributed by atoms with Gasteiger partial charge in [-0.1, -0.05) is 89.5 Å². The van der Waals surface area contributed by atoms with Gasteiger partial charge >= 0.3 is 0 Å². The van der Waals surface area contributed by atoms with Crippen LogP contribution in [0.4, 0.5) is 0 Å². The third-order valence-corrected chi connectivity index (χ3v) is 3.90. The van der Waals surface area contributed by atoms with Gasteiger partial charge in [-0.15, -0.1) is 0 Å². The fraction of sp³-hybridized carbons (Fsp3) is 0.800. The van der Waals surface area contributed by atoms with Crippen molar-refractivity contribution in [2.75, 3.05) is 0 Å². The average Bonchev–Trinajstić information content (AvgIpc) is 2.47. The van der Waals surface area contributed by atoms with Crippen LogP contribution in [-0.4, -0.2) is 0 Å². The van der Waals surface area contributed by atoms with Crippen molar-refractivity contribution in [3.8, 4) is 0 Å². The third kappa shape index (κ3) is 13.9. The predicted octanol–water partition coefficient (Wildman–Crippen LogP) is 7.60. The van der Waals surface area contributed by atoms with Gasteiger partial charge in [-0.2, -0.15) is 0 Å². The zero-order valence-electron chi connectivity index (χ0n) is 14.4. The summed E-state index contributed by atoms with van der Waals surface area (Å²) in [7, 11) is 0. The molecule has 0 radical (unpaired) electrons. The van der Waals surface area contributed by atoms with Gasteiger partial charge < -0.3 is 0 Å². The molecule has 0 saturated carbocycles. The molecule has 0 aliphatic heterocycles. The quantitative estimate of drug-likeness (QED) is 0.227. The number of allylic oxidation sites excluding steroid dienone is 4. The second-order valence-electron chi connectivity index (χ2n) is 6.02. The molecule has 0 amide bonds. The first-order valence-electron chi connectivity index (χ1n) is 9.19. The van der Waals surface area contributed by atoms with Gasteiger partial charge in [0, 0.05) is 0 Å². The van der Waals surface area contributed by atoms with Gasteiger partial charge in [0.05, 0.1) is 0 Å². The Morgan fingerprint density at radius 1 is 0.650 bits per heavy atom. The molecule has 0 bridgehead atoms. The average molecular weight is 279 g/mol. The molecule has 0 aliphatic rings. The molecule has 0 aliphatic carbocycles. The van der Waals surface area contributed by atoms with Crippen LogP contribution < -0.4 is 0 Å². The highest BCUT2D eigenvalue weighted by Gasteiger charge is 1.96. The van der Waals surface area contributed by atoms with Gasteiger partial charge in [-0.3, -0.25) is 0 Å². The smallest absolute Gasteiger partial charge is 0.0317 e. The highest BCUT2D eigenvalue weighted by Crippen LogP contribution is 2.16. The Hall–Kier alpha value is -0.520. The number of rotatable bonds is 14. The standard InChI is InChI=1S/C20H38/c1-4-7-10-12-13-14-16-19-20(17-9-6-3)18-15-11-8-5-2/h14,16,19H,4-13,15,17-18H2,1-3H3/b16-14+,20-19+. The van der Waals surface area contributed by atoms with Gasteiger partial charge in [0.15, 0.2) is 0 Å². The first-order chi connectivity index (χ1) is 9.85. The second-order valence-corrected chi connectivity index (χ2v) is 6.02. The van der Waals surface area contributed by atoms with Crippen LogP contribution in [0.2, 0.25) is 0 Å². The zero-order chi connectivity index (χ0) is 14.9. The van der Waals surface area contributed by atoms with Crippen molar-refractivity contribution in [3.05, 3.63) is 23.8 Å². The molecule has 118 valence electrons. The molecule has 0 aromatic rings. The van der Waals surface area contributed by atoms with Crippen LogP contribution in [0.5, 0.6) is 0 Å². The van der Waals surface area contributed by atoms with E-state index in [2.05, 4.69) is 39.0 Å². The van der Waals surface area contributed by atoms with Crippen molar-refractivity contribution >= 4 is 0 Å². The molecule has 20 heavy (non-hydrogen) atoms. The lowest BCUT2D eigenvalue weighted by atomic mass is 10.0. The Labute approximate surface area is 128 Å². The van der Waals surface area contributed by atoms with E-state index in [0.717, 1.165) is 0 Å². The summed E-state index contributed by atoms with van der Waals surface area (Å²) in [4.78, 5) is 0. The van der Waals surface area contributed by atoms with Crippen LogP contribution in [0.25, 0.3) is 0 Å². The van der Waals surface area contributed by atoms with Gasteiger partial charge in [0.25, 0.3) is 0 Å². The number of unbranched alkanes of at least 4 members (excludes halogenated alkanes) is 8. The van der Waals surface area contributed by atoms with Crippen LogP contribution in [0, 0.1) is 0 Å². The molecular weight excluding hydrogens is 240 g/mol. The molecule has 0 heteroatoms. The van der Waals surface area contributed by atoms with E-state index in [1.807, 2.05) is 0 Å². The van der Waals surface area contributed by atoms with Gasteiger partial charge in [-0.25, -0.2) is 0 Å². The molecular formula is C20H38. The van der Waals surface area contributed by atoms with E-state index in [1.165, 1.54) is 83.5 Å². The molecule has 0 spiro atoms. The molecule has 0 aromatic heterocycles. The van der Waals surface area contributed by atoms with Crippen molar-refractivity contribution in [1.29, 1.82) is 0 Å². The lowest BCUT2D eigenvalue weighted by Gasteiger charge is -2.06. The van der Waals surface area contributed by atoms with E-state index in [9.17, 15) is 0 Å². The molecule has 0 fully saturated rings. The molecule has 0 aromatic carbocycles. The summed E-state index contributed by atoms with van der Waals surface area (Å²) in [5.41, 5.74) is 1.67. The molecule has 0 heterocycles. The topological polar surface area (TPSA) is 0 Å². The summed E-state index contributed by atoms with van der Waals surface area (Å²) in [6.07, 6.45) is 24.6. The highest BCUT2D eigenvalue weighted by molar-refractivity contribution is 5.12. The van der Waals surface area contributed by atoms with Crippen LogP contribution in [0.3, 0.4) is 0 Å². The first-order valence-corrected chi connectivity index (χ1v) is 9.19. The third-order valence-electron chi connectivity index (χ3n) is 3.90. The van der Waals surface area contributed by atoms with Gasteiger partial charge in [-0.05, 0) is 38.5 Å². The molecule has 0 atom stereocenters. The SMILES string of the molecule is CCCCCC/C=C/C=C(\CCCC)CCCCCC. The Morgan fingerprint density at radius 2 is 1.25 bits per heavy atom. The Kier molecular flexibility index (Phi) is 16.1. The van der Waals surface area contributed by atoms with Gasteiger partial charge in [0.1, 0.15) is 0 Å². The minimum atomic E-state index is 1.26. The van der Waals surface area contributed by atoms with E-state index < -0.39 is 0 Å². The van der Waals surface area contributed by atoms with E-state index in [4.69, 9.17) is 0 Å². The maximum absolute atomic E-state index is 2.40. The minimum Gasteiger partial charge on any atom is -0.0845 e. The maximum atomic E-state index is 2.40. The summed E-state index contributed by atoms with van der Waals surface area (Å²) in [6.45, 7) is 6.85. The Balaban J connectivity index is 3.90. The Bertz CT molecular complexity index is 234. The number of hydrogen-bond acceptors (Lipinski definition) is 0. The number of hydrogen-bond donors (Lipinski definition) is 0. The van der Waals surface area contributed by atoms with E-state index in [-0.39, 0.29) is 0 Å². The van der Waals surface area contributed by atoms with Crippen molar-refractivity contribution in [2.24, 2.45) is 0 Å². The molecule has 0 N–H and O–H groups in total. The minimum absolute atomic E-state index is 1.26. The second kappa shape index (κ2) is 16.5. The summed E-state index contributed by atoms with van der Waals surface area (Å²) >= 11 is 0. The van der Waals surface area contributed by atoms with Crippen molar-refractivity contribution in [1.82, 2.24) is 0 Å². The van der Waals surface area contributed by atoms with E-state index in [0.29, 0.717) is 0 Å². The summed E-state index contributed by atoms with van der Waals surface area (Å²) in [5.74, 6) is 0. The highest BCUT2D eigenvalue weighted by atomic mass is 14.0. The fourth-order valence-electron chi connectivity index (χ4n) is 2.46. The summed E-state index contributed by atoms with van der Waals surface area (Å²) < 4.78 is 0. The van der Waals surface area contributed by atoms with Crippen molar-refractivity contribution < 1.29 is 0 Å². The predicted molar refractivity (Wildman–Crippen MR) is 94.3 cm³/mol. The lowest BCUT2D eigenvalue weighted by Crippen LogP contribution is -1.86. The van der Waals surface area contributed by atoms with Gasteiger partial charge in [0.2, 0.25) is 0 Å². The normalized spacial score (nSPS) is 12.4. The summed E-state index contributed by atoms with van der Waals surface area (Å²) in [6, 6.07) is 0. The van der Waals surface area contributed by atoms with Crippen LogP contribution in [0.15, 0.2) is 23.8 Å². The largest absolute Gasteiger partial charge is 0.0845 e.